The molecule has 338 valence electrons. The second kappa shape index (κ2) is 18.5. The molecule has 0 unspecified atom stereocenters. The molecule has 0 N–H and O–H groups in total. The van der Waals surface area contributed by atoms with Gasteiger partial charge < -0.3 is 0 Å². The Morgan fingerprint density at radius 3 is 0.615 bits per heavy atom. The summed E-state index contributed by atoms with van der Waals surface area (Å²) in [6.45, 7) is 0. The first kappa shape index (κ1) is 48.5. The van der Waals surface area contributed by atoms with Gasteiger partial charge in [-0.1, -0.05) is 36.4 Å². The molecule has 0 aliphatic heterocycles. The SMILES string of the molecule is Fc1c(F)c(F)[c]([Ga-]([c]2c(F)c(F)c(F)c(F)c2F)([c]2c(F)c(F)c(F)c(F)c2F)[c]2c(F)c(F)c(F)c(F)c2F)c(F)c1F.Fc1ccc([S+](c2ccccc2)c2ccccc2)cc1. The third kappa shape index (κ3) is 7.89. The van der Waals surface area contributed by atoms with Crippen LogP contribution in [0.2, 0.25) is 0 Å². The van der Waals surface area contributed by atoms with Crippen LogP contribution >= 0.6 is 0 Å². The first-order valence-corrected chi connectivity index (χ1v) is 23.4. The second-order valence-corrected chi connectivity index (χ2v) is 23.7. The average molecular weight is 1020 g/mol. The van der Waals surface area contributed by atoms with Gasteiger partial charge >= 0.3 is 236 Å². The van der Waals surface area contributed by atoms with Crippen molar-refractivity contribution in [2.75, 3.05) is 0 Å². The van der Waals surface area contributed by atoms with E-state index in [1.54, 1.807) is 0 Å². The molecule has 0 radical (unpaired) electrons. The van der Waals surface area contributed by atoms with Crippen molar-refractivity contribution in [2.45, 2.75) is 14.7 Å². The van der Waals surface area contributed by atoms with Crippen LogP contribution in [0.3, 0.4) is 0 Å². The Labute approximate surface area is 355 Å². The first-order chi connectivity index (χ1) is 30.5. The Morgan fingerprint density at radius 2 is 0.400 bits per heavy atom. The third-order valence-electron chi connectivity index (χ3n) is 9.71. The predicted molar refractivity (Wildman–Crippen MR) is 191 cm³/mol. The molecule has 0 spiro atoms. The summed E-state index contributed by atoms with van der Waals surface area (Å²) < 4.78 is 294. The Bertz CT molecular complexity index is 2560. The van der Waals surface area contributed by atoms with E-state index < -0.39 is 148 Å². The summed E-state index contributed by atoms with van der Waals surface area (Å²) >= 11 is -9.74. The quantitative estimate of drug-likeness (QED) is 0.0491. The van der Waals surface area contributed by atoms with E-state index in [0.29, 0.717) is 0 Å². The average Bonchev–Trinajstić information content (AvgIpc) is 3.30. The monoisotopic (exact) mass is 1020 g/mol. The molecule has 0 aliphatic rings. The molecule has 0 heterocycles. The van der Waals surface area contributed by atoms with E-state index in [-0.39, 0.29) is 16.7 Å². The molecule has 0 atom stereocenters. The molecule has 0 bridgehead atoms. The summed E-state index contributed by atoms with van der Waals surface area (Å²) in [4.78, 5) is 3.61. The molecule has 0 amide bonds. The molecule has 23 heteroatoms. The Kier molecular flexibility index (Phi) is 13.8. The van der Waals surface area contributed by atoms with Crippen molar-refractivity contribution in [3.8, 4) is 0 Å². The van der Waals surface area contributed by atoms with Crippen molar-refractivity contribution in [1.29, 1.82) is 0 Å². The topological polar surface area (TPSA) is 0 Å². The fourth-order valence-electron chi connectivity index (χ4n) is 6.97. The molecule has 0 saturated heterocycles. The zero-order valence-electron chi connectivity index (χ0n) is 31.0. The first-order valence-electron chi connectivity index (χ1n) is 17.4. The van der Waals surface area contributed by atoms with E-state index in [1.807, 2.05) is 48.5 Å². The number of hydrogen-bond acceptors (Lipinski definition) is 0. The fourth-order valence-corrected chi connectivity index (χ4v) is 21.2. The largest absolute Gasteiger partial charge is 0.207 e. The van der Waals surface area contributed by atoms with E-state index in [2.05, 4.69) is 24.3 Å². The Balaban J connectivity index is 0.000000289. The number of halogens is 21. The molecule has 65 heavy (non-hydrogen) atoms. The van der Waals surface area contributed by atoms with Gasteiger partial charge in [0, 0.05) is 0 Å². The molecule has 0 fully saturated rings. The number of hydrogen-bond donors (Lipinski definition) is 0. The zero-order chi connectivity index (χ0) is 48.1. The van der Waals surface area contributed by atoms with Crippen LogP contribution in [0.1, 0.15) is 0 Å². The number of benzene rings is 7. The maximum atomic E-state index is 15.4. The van der Waals surface area contributed by atoms with E-state index >= 15 is 35.1 Å². The van der Waals surface area contributed by atoms with Crippen LogP contribution in [0.15, 0.2) is 99.6 Å². The summed E-state index contributed by atoms with van der Waals surface area (Å²) in [5.74, 6) is -70.7. The minimum atomic E-state index is -9.74. The van der Waals surface area contributed by atoms with Gasteiger partial charge in [-0.3, -0.25) is 0 Å². The number of rotatable bonds is 7. The van der Waals surface area contributed by atoms with Gasteiger partial charge in [0.15, 0.2) is 14.7 Å². The van der Waals surface area contributed by atoms with Crippen LogP contribution in [0.5, 0.6) is 0 Å². The van der Waals surface area contributed by atoms with E-state index in [1.165, 1.54) is 21.9 Å². The summed E-state index contributed by atoms with van der Waals surface area (Å²) in [5, 5.41) is 0. The fraction of sp³-hybridized carbons (Fsp3) is 0. The maximum absolute atomic E-state index is 15.4. The molecule has 0 saturated carbocycles. The van der Waals surface area contributed by atoms with E-state index in [0.717, 1.165) is 4.90 Å². The molecule has 7 rings (SSSR count). The van der Waals surface area contributed by atoms with Crippen LogP contribution in [-0.2, 0) is 10.9 Å². The van der Waals surface area contributed by atoms with Crippen molar-refractivity contribution in [3.63, 3.8) is 0 Å². The molecule has 0 aliphatic carbocycles. The standard InChI is InChI=1S/C18H14FS.4C6F5.Ga/c19-15-11-13-18(14-12-15)20(16-7-3-1-4-8-16)17-9-5-2-6-10-17;4*7-2-1-3(8)5(10)6(11)4(2)9;/h1-14H;;;;;/q+1;;;;;-1. The second-order valence-electron chi connectivity index (χ2n) is 13.2. The summed E-state index contributed by atoms with van der Waals surface area (Å²) in [5.41, 5.74) is 0. The smallest absolute Gasteiger partial charge is 0.166 e. The summed E-state index contributed by atoms with van der Waals surface area (Å²) in [6, 6.07) is 27.5. The van der Waals surface area contributed by atoms with Gasteiger partial charge in [-0.15, -0.1) is 0 Å². The van der Waals surface area contributed by atoms with Crippen molar-refractivity contribution in [2.24, 2.45) is 0 Å². The van der Waals surface area contributed by atoms with Gasteiger partial charge in [0.25, 0.3) is 0 Å². The summed E-state index contributed by atoms with van der Waals surface area (Å²) in [7, 11) is -0.190. The van der Waals surface area contributed by atoms with Crippen LogP contribution in [-0.4, -0.2) is 15.0 Å². The Hall–Kier alpha value is -5.94. The molecule has 7 aromatic carbocycles. The van der Waals surface area contributed by atoms with Crippen LogP contribution < -0.4 is 16.5 Å². The molecule has 0 aromatic heterocycles. The molecular formula is C42H14F21GaS. The minimum absolute atomic E-state index is 0.190. The van der Waals surface area contributed by atoms with Crippen LogP contribution in [0.4, 0.5) is 92.2 Å². The van der Waals surface area contributed by atoms with Gasteiger partial charge in [0.05, 0.1) is 10.9 Å². The van der Waals surface area contributed by atoms with Gasteiger partial charge in [0.2, 0.25) is 0 Å². The molecule has 7 aromatic rings. The van der Waals surface area contributed by atoms with Crippen LogP contribution in [0.25, 0.3) is 0 Å². The van der Waals surface area contributed by atoms with E-state index in [9.17, 15) is 57.1 Å². The van der Waals surface area contributed by atoms with Crippen molar-refractivity contribution < 1.29 is 92.2 Å². The van der Waals surface area contributed by atoms with Crippen molar-refractivity contribution in [1.82, 2.24) is 0 Å². The van der Waals surface area contributed by atoms with E-state index in [4.69, 9.17) is 0 Å². The van der Waals surface area contributed by atoms with Crippen molar-refractivity contribution >= 4 is 42.4 Å². The van der Waals surface area contributed by atoms with Gasteiger partial charge in [-0.25, -0.2) is 4.39 Å². The van der Waals surface area contributed by atoms with Crippen molar-refractivity contribution in [3.05, 3.63) is 207 Å². The predicted octanol–water partition coefficient (Wildman–Crippen LogP) is 10.8. The van der Waals surface area contributed by atoms with Gasteiger partial charge in [-0.2, -0.15) is 0 Å². The molecule has 0 nitrogen and oxygen atoms in total. The van der Waals surface area contributed by atoms with Gasteiger partial charge in [0.1, 0.15) is 5.82 Å². The zero-order valence-corrected chi connectivity index (χ0v) is 34.2. The Morgan fingerprint density at radius 1 is 0.215 bits per heavy atom. The minimum Gasteiger partial charge on any atom is -0.207 e. The van der Waals surface area contributed by atoms with Crippen LogP contribution in [0, 0.1) is 122 Å². The van der Waals surface area contributed by atoms with Gasteiger partial charge in [-0.05, 0) is 48.5 Å². The maximum Gasteiger partial charge on any atom is 0.166 e. The normalized spacial score (nSPS) is 11.6. The molecular weight excluding hydrogens is 1010 g/mol. The summed E-state index contributed by atoms with van der Waals surface area (Å²) in [6.07, 6.45) is 0. The third-order valence-corrected chi connectivity index (χ3v) is 23.5.